The van der Waals surface area contributed by atoms with Gasteiger partial charge in [-0.05, 0) is 49.6 Å². The van der Waals surface area contributed by atoms with Crippen molar-refractivity contribution in [3.63, 3.8) is 0 Å². The van der Waals surface area contributed by atoms with Gasteiger partial charge in [-0.15, -0.1) is 0 Å². The summed E-state index contributed by atoms with van der Waals surface area (Å²) in [6.07, 6.45) is 3.29. The van der Waals surface area contributed by atoms with Crippen molar-refractivity contribution in [3.05, 3.63) is 72.6 Å². The molecule has 3 aromatic rings. The Labute approximate surface area is 189 Å². The van der Waals surface area contributed by atoms with E-state index in [1.165, 1.54) is 5.56 Å². The lowest BCUT2D eigenvalue weighted by molar-refractivity contribution is -0.136. The van der Waals surface area contributed by atoms with Crippen LogP contribution in [0.3, 0.4) is 0 Å². The van der Waals surface area contributed by atoms with Crippen LogP contribution in [0.15, 0.2) is 67.0 Å². The maximum absolute atomic E-state index is 13.1. The summed E-state index contributed by atoms with van der Waals surface area (Å²) in [7, 11) is 1.66. The van der Waals surface area contributed by atoms with Gasteiger partial charge in [0, 0.05) is 43.7 Å². The van der Waals surface area contributed by atoms with Crippen molar-refractivity contribution < 1.29 is 9.53 Å². The Kier molecular flexibility index (Phi) is 7.00. The number of rotatable bonds is 7. The molecule has 166 valence electrons. The second-order valence-corrected chi connectivity index (χ2v) is 8.09. The van der Waals surface area contributed by atoms with Gasteiger partial charge < -0.3 is 14.5 Å². The van der Waals surface area contributed by atoms with Gasteiger partial charge in [0.1, 0.15) is 17.9 Å². The van der Waals surface area contributed by atoms with Gasteiger partial charge in [-0.3, -0.25) is 4.79 Å². The average molecular weight is 431 g/mol. The Morgan fingerprint density at radius 3 is 2.44 bits per heavy atom. The number of aromatic nitrogens is 2. The third-order valence-electron chi connectivity index (χ3n) is 6.12. The summed E-state index contributed by atoms with van der Waals surface area (Å²) in [5, 5.41) is 0. The van der Waals surface area contributed by atoms with E-state index in [4.69, 9.17) is 4.74 Å². The smallest absolute Gasteiger partial charge is 0.226 e. The zero-order valence-electron chi connectivity index (χ0n) is 18.8. The molecule has 0 spiro atoms. The Morgan fingerprint density at radius 2 is 1.78 bits per heavy atom. The predicted molar refractivity (Wildman–Crippen MR) is 126 cm³/mol. The molecule has 0 radical (unpaired) electrons. The summed E-state index contributed by atoms with van der Waals surface area (Å²) in [4.78, 5) is 26.3. The first-order chi connectivity index (χ1) is 15.7. The molecule has 0 unspecified atom stereocenters. The fourth-order valence-electron chi connectivity index (χ4n) is 4.20. The monoisotopic (exact) mass is 430 g/mol. The van der Waals surface area contributed by atoms with Gasteiger partial charge in [-0.2, -0.15) is 0 Å². The van der Waals surface area contributed by atoms with Crippen molar-refractivity contribution in [2.45, 2.75) is 26.3 Å². The van der Waals surface area contributed by atoms with E-state index in [2.05, 4.69) is 33.9 Å². The molecule has 1 amide bonds. The van der Waals surface area contributed by atoms with Crippen LogP contribution in [0.25, 0.3) is 11.3 Å². The molecule has 1 saturated heterocycles. The molecule has 1 aliphatic heterocycles. The van der Waals surface area contributed by atoms with Crippen molar-refractivity contribution in [1.29, 1.82) is 0 Å². The van der Waals surface area contributed by atoms with Crippen LogP contribution in [0.4, 0.5) is 5.82 Å². The van der Waals surface area contributed by atoms with E-state index in [-0.39, 0.29) is 11.8 Å². The number of benzene rings is 2. The molecule has 4 rings (SSSR count). The fraction of sp³-hybridized carbons (Fsp3) is 0.346. The number of ether oxygens (including phenoxy) is 1. The Balaban J connectivity index is 1.38. The van der Waals surface area contributed by atoms with Crippen molar-refractivity contribution in [3.8, 4) is 17.0 Å². The lowest BCUT2D eigenvalue weighted by atomic mass is 9.95. The van der Waals surface area contributed by atoms with Gasteiger partial charge in [0.2, 0.25) is 5.91 Å². The van der Waals surface area contributed by atoms with Crippen molar-refractivity contribution in [2.75, 3.05) is 31.6 Å². The molecule has 32 heavy (non-hydrogen) atoms. The number of hydrogen-bond donors (Lipinski definition) is 0. The normalized spacial score (nSPS) is 14.2. The van der Waals surface area contributed by atoms with Crippen molar-refractivity contribution in [1.82, 2.24) is 14.9 Å². The third kappa shape index (κ3) is 5.07. The minimum Gasteiger partial charge on any atom is -0.497 e. The van der Waals surface area contributed by atoms with E-state index < -0.39 is 0 Å². The quantitative estimate of drug-likeness (QED) is 0.555. The van der Waals surface area contributed by atoms with Crippen LogP contribution in [-0.2, 0) is 11.3 Å². The average Bonchev–Trinajstić information content (AvgIpc) is 2.88. The zero-order valence-corrected chi connectivity index (χ0v) is 18.8. The molecule has 0 aliphatic carbocycles. The molecular formula is C26H30N4O2. The molecule has 2 heterocycles. The number of methoxy groups -OCH3 is 1. The first-order valence-electron chi connectivity index (χ1n) is 11.2. The van der Waals surface area contributed by atoms with Crippen LogP contribution in [0.5, 0.6) is 5.75 Å². The van der Waals surface area contributed by atoms with Crippen LogP contribution >= 0.6 is 0 Å². The molecule has 2 aromatic carbocycles. The molecule has 6 nitrogen and oxygen atoms in total. The minimum absolute atomic E-state index is 0.0674. The van der Waals surface area contributed by atoms with E-state index in [1.807, 2.05) is 53.4 Å². The number of piperidine rings is 1. The van der Waals surface area contributed by atoms with E-state index in [0.717, 1.165) is 55.3 Å². The van der Waals surface area contributed by atoms with E-state index in [1.54, 1.807) is 13.4 Å². The molecule has 0 N–H and O–H groups in total. The topological polar surface area (TPSA) is 58.6 Å². The second kappa shape index (κ2) is 10.3. The van der Waals surface area contributed by atoms with Crippen molar-refractivity contribution >= 4 is 11.7 Å². The molecule has 1 aromatic heterocycles. The third-order valence-corrected chi connectivity index (χ3v) is 6.12. The van der Waals surface area contributed by atoms with E-state index >= 15 is 0 Å². The van der Waals surface area contributed by atoms with Gasteiger partial charge in [-0.1, -0.05) is 30.3 Å². The largest absolute Gasteiger partial charge is 0.497 e. The fourth-order valence-corrected chi connectivity index (χ4v) is 4.20. The number of carbonyl (C=O) groups is 1. The van der Waals surface area contributed by atoms with Gasteiger partial charge in [0.15, 0.2) is 0 Å². The summed E-state index contributed by atoms with van der Waals surface area (Å²) in [5.74, 6) is 2.06. The standard InChI is InChI=1S/C26H30N4O2/c1-3-29(18-20-7-5-4-6-8-20)26(31)22-13-15-30(16-14-22)25-17-24(27-19-28-25)21-9-11-23(32-2)12-10-21/h4-12,17,19,22H,3,13-16,18H2,1-2H3. The van der Waals surface area contributed by atoms with Crippen LogP contribution in [0.2, 0.25) is 0 Å². The maximum Gasteiger partial charge on any atom is 0.226 e. The highest BCUT2D eigenvalue weighted by Gasteiger charge is 2.28. The Bertz CT molecular complexity index is 1020. The number of hydrogen-bond acceptors (Lipinski definition) is 5. The first-order valence-corrected chi connectivity index (χ1v) is 11.2. The SMILES string of the molecule is CCN(Cc1ccccc1)C(=O)C1CCN(c2cc(-c3ccc(OC)cc3)ncn2)CC1. The molecular weight excluding hydrogens is 400 g/mol. The van der Waals surface area contributed by atoms with Gasteiger partial charge in [-0.25, -0.2) is 9.97 Å². The van der Waals surface area contributed by atoms with Crippen LogP contribution in [0.1, 0.15) is 25.3 Å². The van der Waals surface area contributed by atoms with E-state index in [0.29, 0.717) is 6.54 Å². The first kappa shape index (κ1) is 21.8. The molecule has 1 fully saturated rings. The number of nitrogens with zero attached hydrogens (tertiary/aromatic N) is 4. The summed E-state index contributed by atoms with van der Waals surface area (Å²) in [5.41, 5.74) is 3.09. The predicted octanol–water partition coefficient (Wildman–Crippen LogP) is 4.42. The highest BCUT2D eigenvalue weighted by atomic mass is 16.5. The Hall–Kier alpha value is -3.41. The van der Waals surface area contributed by atoms with Crippen LogP contribution in [-0.4, -0.2) is 47.5 Å². The highest BCUT2D eigenvalue weighted by Crippen LogP contribution is 2.27. The summed E-state index contributed by atoms with van der Waals surface area (Å²) < 4.78 is 5.24. The number of amides is 1. The van der Waals surface area contributed by atoms with E-state index in [9.17, 15) is 4.79 Å². The summed E-state index contributed by atoms with van der Waals surface area (Å²) in [6, 6.07) is 20.1. The number of anilines is 1. The molecule has 6 heteroatoms. The number of carbonyl (C=O) groups excluding carboxylic acids is 1. The van der Waals surface area contributed by atoms with Gasteiger partial charge >= 0.3 is 0 Å². The second-order valence-electron chi connectivity index (χ2n) is 8.09. The summed E-state index contributed by atoms with van der Waals surface area (Å²) in [6.45, 7) is 5.09. The molecule has 1 aliphatic rings. The zero-order chi connectivity index (χ0) is 22.3. The molecule has 0 bridgehead atoms. The lowest BCUT2D eigenvalue weighted by Crippen LogP contribution is -2.42. The van der Waals surface area contributed by atoms with Gasteiger partial charge in [0.25, 0.3) is 0 Å². The molecule has 0 atom stereocenters. The van der Waals surface area contributed by atoms with Crippen LogP contribution < -0.4 is 9.64 Å². The lowest BCUT2D eigenvalue weighted by Gasteiger charge is -2.34. The summed E-state index contributed by atoms with van der Waals surface area (Å²) >= 11 is 0. The van der Waals surface area contributed by atoms with Crippen LogP contribution in [0, 0.1) is 5.92 Å². The molecule has 0 saturated carbocycles. The minimum atomic E-state index is 0.0674. The van der Waals surface area contributed by atoms with Gasteiger partial charge in [0.05, 0.1) is 12.8 Å². The highest BCUT2D eigenvalue weighted by molar-refractivity contribution is 5.79. The maximum atomic E-state index is 13.1. The Morgan fingerprint density at radius 1 is 1.06 bits per heavy atom. The van der Waals surface area contributed by atoms with Crippen molar-refractivity contribution in [2.24, 2.45) is 5.92 Å².